The molecule has 0 spiro atoms. The Balaban J connectivity index is 1.46. The zero-order chi connectivity index (χ0) is 25.8. The maximum atomic E-state index is 13.9. The normalized spacial score (nSPS) is 13.0. The summed E-state index contributed by atoms with van der Waals surface area (Å²) in [5.74, 6) is -2.80. The van der Waals surface area contributed by atoms with E-state index in [0.29, 0.717) is 25.3 Å². The molecule has 0 bridgehead atoms. The van der Waals surface area contributed by atoms with E-state index in [2.05, 4.69) is 0 Å². The van der Waals surface area contributed by atoms with Crippen LogP contribution in [0, 0.1) is 11.6 Å². The molecule has 1 aliphatic rings. The Morgan fingerprint density at radius 1 is 1.11 bits per heavy atom. The highest BCUT2D eigenvalue weighted by atomic mass is 19.1. The van der Waals surface area contributed by atoms with Crippen LogP contribution in [0.4, 0.5) is 8.78 Å². The van der Waals surface area contributed by atoms with Crippen molar-refractivity contribution >= 4 is 11.7 Å². The second-order valence-electron chi connectivity index (χ2n) is 8.46. The molecule has 1 N–H and O–H groups in total. The zero-order valence-electron chi connectivity index (χ0n) is 19.6. The molecule has 8 nitrogen and oxygen atoms in total. The molecule has 0 unspecified atom stereocenters. The molecule has 0 atom stereocenters. The second kappa shape index (κ2) is 10.6. The van der Waals surface area contributed by atoms with Crippen LogP contribution in [0.3, 0.4) is 0 Å². The first kappa shape index (κ1) is 24.9. The molecule has 36 heavy (non-hydrogen) atoms. The van der Waals surface area contributed by atoms with Crippen molar-refractivity contribution in [3.63, 3.8) is 0 Å². The number of fused-ring (bicyclic) bond motifs is 1. The Bertz CT molecular complexity index is 1340. The minimum atomic E-state index is -0.971. The van der Waals surface area contributed by atoms with Crippen LogP contribution in [-0.4, -0.2) is 53.2 Å². The maximum Gasteiger partial charge on any atom is 0.277 e. The SMILES string of the molecule is CN1CN(CCCOc2ccccc2)C(=O)c2c(O)c(=O)c(C(=O)CCc3ccc(F)cc3F)cn21. The number of halogens is 2. The van der Waals surface area contributed by atoms with Gasteiger partial charge in [-0.2, -0.15) is 0 Å². The van der Waals surface area contributed by atoms with Crippen LogP contribution in [0.25, 0.3) is 0 Å². The van der Waals surface area contributed by atoms with Crippen LogP contribution in [0.15, 0.2) is 59.5 Å². The number of pyridine rings is 1. The number of hydrogen-bond donors (Lipinski definition) is 1. The Kier molecular flexibility index (Phi) is 7.33. The molecule has 2 heterocycles. The van der Waals surface area contributed by atoms with Gasteiger partial charge in [0.2, 0.25) is 5.43 Å². The summed E-state index contributed by atoms with van der Waals surface area (Å²) >= 11 is 0. The fourth-order valence-corrected chi connectivity index (χ4v) is 4.03. The average Bonchev–Trinajstić information content (AvgIpc) is 2.86. The minimum absolute atomic E-state index is 0.0551. The summed E-state index contributed by atoms with van der Waals surface area (Å²) in [5, 5.41) is 12.2. The first-order valence-electron chi connectivity index (χ1n) is 11.4. The second-order valence-corrected chi connectivity index (χ2v) is 8.46. The Morgan fingerprint density at radius 2 is 1.86 bits per heavy atom. The number of carbonyl (C=O) groups excluding carboxylic acids is 2. The number of aryl methyl sites for hydroxylation is 1. The first-order chi connectivity index (χ1) is 17.3. The van der Waals surface area contributed by atoms with Crippen molar-refractivity contribution in [2.45, 2.75) is 19.3 Å². The molecule has 4 rings (SSSR count). The highest BCUT2D eigenvalue weighted by Crippen LogP contribution is 2.22. The number of Topliss-reactive ketones (excluding diaryl/α,β-unsaturated/α-hetero) is 1. The van der Waals surface area contributed by atoms with E-state index in [1.165, 1.54) is 21.8 Å². The van der Waals surface area contributed by atoms with Gasteiger partial charge in [-0.05, 0) is 36.6 Å². The summed E-state index contributed by atoms with van der Waals surface area (Å²) in [5.41, 5.74) is -1.39. The number of benzene rings is 2. The molecular weight excluding hydrogens is 472 g/mol. The number of para-hydroxylation sites is 1. The Labute approximate surface area is 205 Å². The summed E-state index contributed by atoms with van der Waals surface area (Å²) in [7, 11) is 1.65. The van der Waals surface area contributed by atoms with Gasteiger partial charge in [-0.1, -0.05) is 24.3 Å². The number of carbonyl (C=O) groups is 2. The van der Waals surface area contributed by atoms with Crippen molar-refractivity contribution < 1.29 is 28.2 Å². The number of ether oxygens (including phenoxy) is 1. The van der Waals surface area contributed by atoms with Crippen molar-refractivity contribution in [2.24, 2.45) is 0 Å². The van der Waals surface area contributed by atoms with Crippen LogP contribution in [-0.2, 0) is 6.42 Å². The molecule has 0 fully saturated rings. The molecule has 3 aromatic rings. The number of aromatic hydroxyl groups is 1. The summed E-state index contributed by atoms with van der Waals surface area (Å²) in [4.78, 5) is 40.0. The fourth-order valence-electron chi connectivity index (χ4n) is 4.03. The van der Waals surface area contributed by atoms with E-state index >= 15 is 0 Å². The molecule has 0 radical (unpaired) electrons. The van der Waals surface area contributed by atoms with E-state index in [1.54, 1.807) is 12.1 Å². The highest BCUT2D eigenvalue weighted by molar-refractivity contribution is 6.00. The third-order valence-electron chi connectivity index (χ3n) is 5.92. The van der Waals surface area contributed by atoms with E-state index in [4.69, 9.17) is 4.74 Å². The lowest BCUT2D eigenvalue weighted by Gasteiger charge is -2.37. The monoisotopic (exact) mass is 497 g/mol. The van der Waals surface area contributed by atoms with Crippen LogP contribution in [0.2, 0.25) is 0 Å². The molecule has 1 aliphatic heterocycles. The topological polar surface area (TPSA) is 92.1 Å². The molecule has 10 heteroatoms. The number of amides is 1. The number of nitrogens with zero attached hydrogens (tertiary/aromatic N) is 3. The van der Waals surface area contributed by atoms with Gasteiger partial charge in [0.15, 0.2) is 17.2 Å². The number of rotatable bonds is 9. The van der Waals surface area contributed by atoms with Crippen LogP contribution < -0.4 is 15.2 Å². The van der Waals surface area contributed by atoms with Gasteiger partial charge in [-0.15, -0.1) is 0 Å². The van der Waals surface area contributed by atoms with Crippen LogP contribution in [0.1, 0.15) is 39.3 Å². The Hall–Kier alpha value is -4.21. The van der Waals surface area contributed by atoms with E-state index in [1.807, 2.05) is 30.3 Å². The predicted molar refractivity (Wildman–Crippen MR) is 128 cm³/mol. The van der Waals surface area contributed by atoms with Crippen molar-refractivity contribution in [1.29, 1.82) is 0 Å². The molecule has 188 valence electrons. The smallest absolute Gasteiger partial charge is 0.277 e. The molecule has 0 aliphatic carbocycles. The molecule has 0 saturated carbocycles. The highest BCUT2D eigenvalue weighted by Gasteiger charge is 2.32. The minimum Gasteiger partial charge on any atom is -0.502 e. The lowest BCUT2D eigenvalue weighted by atomic mass is 10.0. The van der Waals surface area contributed by atoms with Crippen molar-refractivity contribution in [3.8, 4) is 11.5 Å². The fraction of sp³-hybridized carbons (Fsp3) is 0.269. The van der Waals surface area contributed by atoms with E-state index in [9.17, 15) is 28.3 Å². The predicted octanol–water partition coefficient (Wildman–Crippen LogP) is 3.10. The van der Waals surface area contributed by atoms with Crippen molar-refractivity contribution in [2.75, 3.05) is 31.9 Å². The quantitative estimate of drug-likeness (QED) is 0.361. The van der Waals surface area contributed by atoms with Gasteiger partial charge in [-0.3, -0.25) is 24.1 Å². The van der Waals surface area contributed by atoms with Gasteiger partial charge in [-0.25, -0.2) is 8.78 Å². The maximum absolute atomic E-state index is 13.9. The lowest BCUT2D eigenvalue weighted by Crippen LogP contribution is -2.53. The van der Waals surface area contributed by atoms with E-state index < -0.39 is 34.5 Å². The summed E-state index contributed by atoms with van der Waals surface area (Å²) in [6.45, 7) is 0.861. The standard InChI is InChI=1S/C26H25F2N3O5/c1-29-16-30(12-5-13-36-19-6-3-2-4-7-19)26(35)23-25(34)24(33)20(15-31(23)29)22(32)11-9-17-8-10-18(27)14-21(17)28/h2-4,6-8,10,14-15,34H,5,9,11-13,16H2,1H3. The van der Waals surface area contributed by atoms with Gasteiger partial charge in [0, 0.05) is 32.3 Å². The molecular formula is C26H25F2N3O5. The summed E-state index contributed by atoms with van der Waals surface area (Å²) in [6.07, 6.45) is 1.45. The van der Waals surface area contributed by atoms with Crippen LogP contribution >= 0.6 is 0 Å². The summed E-state index contributed by atoms with van der Waals surface area (Å²) < 4.78 is 33.9. The lowest BCUT2D eigenvalue weighted by molar-refractivity contribution is 0.0682. The van der Waals surface area contributed by atoms with Gasteiger partial charge >= 0.3 is 0 Å². The third kappa shape index (κ3) is 5.22. The zero-order valence-corrected chi connectivity index (χ0v) is 19.6. The van der Waals surface area contributed by atoms with E-state index in [-0.39, 0.29) is 36.3 Å². The largest absolute Gasteiger partial charge is 0.502 e. The molecule has 2 aromatic carbocycles. The van der Waals surface area contributed by atoms with E-state index in [0.717, 1.165) is 12.1 Å². The van der Waals surface area contributed by atoms with Gasteiger partial charge in [0.1, 0.15) is 24.1 Å². The van der Waals surface area contributed by atoms with Crippen LogP contribution in [0.5, 0.6) is 11.5 Å². The number of ketones is 1. The number of aromatic nitrogens is 1. The first-order valence-corrected chi connectivity index (χ1v) is 11.4. The molecule has 0 saturated heterocycles. The Morgan fingerprint density at radius 3 is 2.58 bits per heavy atom. The molecule has 1 aromatic heterocycles. The van der Waals surface area contributed by atoms with Gasteiger partial charge < -0.3 is 14.7 Å². The average molecular weight is 497 g/mol. The van der Waals surface area contributed by atoms with Crippen molar-refractivity contribution in [3.05, 3.63) is 93.4 Å². The number of hydrogen-bond acceptors (Lipinski definition) is 6. The van der Waals surface area contributed by atoms with Gasteiger partial charge in [0.25, 0.3) is 5.91 Å². The van der Waals surface area contributed by atoms with Crippen molar-refractivity contribution in [1.82, 2.24) is 9.58 Å². The van der Waals surface area contributed by atoms with Gasteiger partial charge in [0.05, 0.1) is 12.2 Å². The molecule has 1 amide bonds. The third-order valence-corrected chi connectivity index (χ3v) is 5.92. The summed E-state index contributed by atoms with van der Waals surface area (Å²) in [6, 6.07) is 12.3.